The van der Waals surface area contributed by atoms with Gasteiger partial charge in [-0.1, -0.05) is 6.07 Å². The zero-order valence-electron chi connectivity index (χ0n) is 12.9. The maximum atomic E-state index is 13.9. The van der Waals surface area contributed by atoms with E-state index in [0.717, 1.165) is 25.0 Å². The van der Waals surface area contributed by atoms with E-state index in [1.54, 1.807) is 0 Å². The predicted octanol–water partition coefficient (Wildman–Crippen LogP) is 1.42. The zero-order chi connectivity index (χ0) is 17.0. The minimum absolute atomic E-state index is 0.00958. The molecule has 5 nitrogen and oxygen atoms in total. The zero-order valence-corrected chi connectivity index (χ0v) is 12.9. The standard InChI is InChI=1S/C16H20F2N2O3/c1-10(22)20-13(15-11(17)3-2-4-12(15)18)7-14(23)19-8-16(9-21)5-6-16/h2-4,13,21H,5-9H2,1H3,(H,19,23)(H,20,22). The highest BCUT2D eigenvalue weighted by Crippen LogP contribution is 2.44. The molecule has 0 bridgehead atoms. The number of hydrogen-bond donors (Lipinski definition) is 3. The first-order chi connectivity index (χ1) is 10.9. The highest BCUT2D eigenvalue weighted by atomic mass is 19.1. The minimum atomic E-state index is -1.09. The molecule has 0 aliphatic heterocycles. The van der Waals surface area contributed by atoms with E-state index in [2.05, 4.69) is 10.6 Å². The molecule has 3 N–H and O–H groups in total. The molecule has 0 radical (unpaired) electrons. The van der Waals surface area contributed by atoms with E-state index in [4.69, 9.17) is 0 Å². The normalized spacial score (nSPS) is 16.5. The van der Waals surface area contributed by atoms with Crippen LogP contribution in [0.2, 0.25) is 0 Å². The van der Waals surface area contributed by atoms with Gasteiger partial charge in [-0.2, -0.15) is 0 Å². The van der Waals surface area contributed by atoms with Crippen molar-refractivity contribution in [1.82, 2.24) is 10.6 Å². The van der Waals surface area contributed by atoms with Gasteiger partial charge in [0.25, 0.3) is 0 Å². The molecule has 1 aromatic carbocycles. The van der Waals surface area contributed by atoms with Crippen LogP contribution in [-0.4, -0.2) is 30.1 Å². The Labute approximate surface area is 133 Å². The van der Waals surface area contributed by atoms with E-state index in [0.29, 0.717) is 6.54 Å². The lowest BCUT2D eigenvalue weighted by Gasteiger charge is -2.20. The van der Waals surface area contributed by atoms with E-state index in [9.17, 15) is 23.5 Å². The Morgan fingerprint density at radius 2 is 1.91 bits per heavy atom. The summed E-state index contributed by atoms with van der Waals surface area (Å²) < 4.78 is 27.8. The van der Waals surface area contributed by atoms with Gasteiger partial charge in [-0.15, -0.1) is 0 Å². The molecule has 0 aromatic heterocycles. The highest BCUT2D eigenvalue weighted by Gasteiger charge is 2.42. The average molecular weight is 326 g/mol. The molecule has 2 rings (SSSR count). The molecule has 0 spiro atoms. The van der Waals surface area contributed by atoms with Crippen LogP contribution in [-0.2, 0) is 9.59 Å². The van der Waals surface area contributed by atoms with Crippen LogP contribution in [0.5, 0.6) is 0 Å². The van der Waals surface area contributed by atoms with Crippen molar-refractivity contribution in [1.29, 1.82) is 0 Å². The Bertz CT molecular complexity index is 583. The summed E-state index contributed by atoms with van der Waals surface area (Å²) in [6.07, 6.45) is 1.39. The van der Waals surface area contributed by atoms with Crippen molar-refractivity contribution in [2.75, 3.05) is 13.2 Å². The summed E-state index contributed by atoms with van der Waals surface area (Å²) >= 11 is 0. The molecule has 1 saturated carbocycles. The van der Waals surface area contributed by atoms with Crippen molar-refractivity contribution in [2.24, 2.45) is 5.41 Å². The molecule has 1 atom stereocenters. The summed E-state index contributed by atoms with van der Waals surface area (Å²) in [5.74, 6) is -2.55. The van der Waals surface area contributed by atoms with Gasteiger partial charge in [-0.25, -0.2) is 8.78 Å². The summed E-state index contributed by atoms with van der Waals surface area (Å²) in [6.45, 7) is 1.52. The van der Waals surface area contributed by atoms with Gasteiger partial charge in [0.05, 0.1) is 19.1 Å². The molecule has 1 unspecified atom stereocenters. The van der Waals surface area contributed by atoms with Gasteiger partial charge >= 0.3 is 0 Å². The maximum Gasteiger partial charge on any atom is 0.222 e. The number of hydrogen-bond acceptors (Lipinski definition) is 3. The van der Waals surface area contributed by atoms with Gasteiger partial charge < -0.3 is 15.7 Å². The predicted molar refractivity (Wildman–Crippen MR) is 79.3 cm³/mol. The largest absolute Gasteiger partial charge is 0.396 e. The molecule has 23 heavy (non-hydrogen) atoms. The lowest BCUT2D eigenvalue weighted by Crippen LogP contribution is -2.36. The van der Waals surface area contributed by atoms with Gasteiger partial charge in [0.15, 0.2) is 0 Å². The van der Waals surface area contributed by atoms with Crippen molar-refractivity contribution in [2.45, 2.75) is 32.2 Å². The number of nitrogens with one attached hydrogen (secondary N) is 2. The first-order valence-corrected chi connectivity index (χ1v) is 7.45. The molecule has 1 aliphatic rings. The monoisotopic (exact) mass is 326 g/mol. The summed E-state index contributed by atoms with van der Waals surface area (Å²) in [6, 6.07) is 2.29. The molecule has 0 saturated heterocycles. The number of aliphatic hydroxyl groups excluding tert-OH is 1. The van der Waals surface area contributed by atoms with Crippen LogP contribution < -0.4 is 10.6 Å². The fraction of sp³-hybridized carbons (Fsp3) is 0.500. The minimum Gasteiger partial charge on any atom is -0.396 e. The number of carbonyl (C=O) groups excluding carboxylic acids is 2. The fourth-order valence-corrected chi connectivity index (χ4v) is 2.43. The Morgan fingerprint density at radius 3 is 2.39 bits per heavy atom. The average Bonchev–Trinajstić information content (AvgIpc) is 3.25. The second-order valence-corrected chi connectivity index (χ2v) is 6.03. The van der Waals surface area contributed by atoms with Crippen molar-refractivity contribution < 1.29 is 23.5 Å². The molecule has 126 valence electrons. The summed E-state index contributed by atoms with van der Waals surface area (Å²) in [4.78, 5) is 23.3. The van der Waals surface area contributed by atoms with E-state index < -0.39 is 29.5 Å². The van der Waals surface area contributed by atoms with Crippen molar-refractivity contribution in [3.05, 3.63) is 35.4 Å². The van der Waals surface area contributed by atoms with Crippen molar-refractivity contribution in [3.8, 4) is 0 Å². The number of benzene rings is 1. The van der Waals surface area contributed by atoms with E-state index in [1.807, 2.05) is 0 Å². The summed E-state index contributed by atoms with van der Waals surface area (Å²) in [5, 5.41) is 14.3. The molecule has 2 amide bonds. The van der Waals surface area contributed by atoms with Gasteiger partial charge in [-0.3, -0.25) is 9.59 Å². The lowest BCUT2D eigenvalue weighted by molar-refractivity contribution is -0.123. The van der Waals surface area contributed by atoms with Crippen molar-refractivity contribution >= 4 is 11.8 Å². The SMILES string of the molecule is CC(=O)NC(CC(=O)NCC1(CO)CC1)c1c(F)cccc1F. The first kappa shape index (κ1) is 17.3. The maximum absolute atomic E-state index is 13.9. The topological polar surface area (TPSA) is 78.4 Å². The number of amides is 2. The van der Waals surface area contributed by atoms with Gasteiger partial charge in [0.2, 0.25) is 11.8 Å². The number of rotatable bonds is 7. The second kappa shape index (κ2) is 7.04. The van der Waals surface area contributed by atoms with Gasteiger partial charge in [0, 0.05) is 24.4 Å². The van der Waals surface area contributed by atoms with Crippen LogP contribution in [0.1, 0.15) is 37.8 Å². The van der Waals surface area contributed by atoms with Gasteiger partial charge in [0.1, 0.15) is 11.6 Å². The Balaban J connectivity index is 2.06. The Kier molecular flexibility index (Phi) is 5.30. The smallest absolute Gasteiger partial charge is 0.222 e. The Morgan fingerprint density at radius 1 is 1.30 bits per heavy atom. The van der Waals surface area contributed by atoms with E-state index in [-0.39, 0.29) is 24.0 Å². The summed E-state index contributed by atoms with van der Waals surface area (Å²) in [7, 11) is 0. The van der Waals surface area contributed by atoms with Crippen LogP contribution in [0, 0.1) is 17.0 Å². The van der Waals surface area contributed by atoms with Crippen LogP contribution >= 0.6 is 0 Å². The lowest BCUT2D eigenvalue weighted by atomic mass is 10.0. The number of carbonyl (C=O) groups is 2. The van der Waals surface area contributed by atoms with Gasteiger partial charge in [-0.05, 0) is 25.0 Å². The van der Waals surface area contributed by atoms with E-state index in [1.165, 1.54) is 13.0 Å². The molecule has 7 heteroatoms. The number of aliphatic hydroxyl groups is 1. The third-order valence-electron chi connectivity index (χ3n) is 4.07. The molecule has 1 fully saturated rings. The molecule has 0 heterocycles. The first-order valence-electron chi connectivity index (χ1n) is 7.45. The van der Waals surface area contributed by atoms with E-state index >= 15 is 0 Å². The highest BCUT2D eigenvalue weighted by molar-refractivity contribution is 5.79. The molecular formula is C16H20F2N2O3. The van der Waals surface area contributed by atoms with Crippen LogP contribution in [0.3, 0.4) is 0 Å². The Hall–Kier alpha value is -2.02. The third-order valence-corrected chi connectivity index (χ3v) is 4.07. The number of halogens is 2. The second-order valence-electron chi connectivity index (χ2n) is 6.03. The third kappa shape index (κ3) is 4.48. The molecule has 1 aromatic rings. The quantitative estimate of drug-likeness (QED) is 0.709. The molecule has 1 aliphatic carbocycles. The van der Waals surface area contributed by atoms with Crippen molar-refractivity contribution in [3.63, 3.8) is 0 Å². The van der Waals surface area contributed by atoms with Crippen LogP contribution in [0.15, 0.2) is 18.2 Å². The molecular weight excluding hydrogens is 306 g/mol. The summed E-state index contributed by atoms with van der Waals surface area (Å²) in [5.41, 5.74) is -0.594. The fourth-order valence-electron chi connectivity index (χ4n) is 2.43. The van der Waals surface area contributed by atoms with Crippen LogP contribution in [0.4, 0.5) is 8.78 Å². The van der Waals surface area contributed by atoms with Crippen LogP contribution in [0.25, 0.3) is 0 Å².